The average Bonchev–Trinajstić information content (AvgIpc) is 2.24. The van der Waals surface area contributed by atoms with Crippen LogP contribution in [0.25, 0.3) is 0 Å². The van der Waals surface area contributed by atoms with Crippen molar-refractivity contribution in [2.45, 2.75) is 38.3 Å². The smallest absolute Gasteiger partial charge is 0.315 e. The maximum absolute atomic E-state index is 11.5. The van der Waals surface area contributed by atoms with E-state index in [0.29, 0.717) is 13.0 Å². The van der Waals surface area contributed by atoms with Crippen molar-refractivity contribution < 1.29 is 24.5 Å². The number of nitrogens with one attached hydrogen (secondary N) is 2. The number of methoxy groups -OCH3 is 1. The Morgan fingerprint density at radius 1 is 1.44 bits per heavy atom. The normalized spacial score (nSPS) is 15.6. The number of aliphatic carboxylic acids is 1. The molecule has 7 nitrogen and oxygen atoms in total. The third-order valence-electron chi connectivity index (χ3n) is 2.36. The van der Waals surface area contributed by atoms with Crippen molar-refractivity contribution in [3.8, 4) is 0 Å². The molecule has 4 N–H and O–H groups in total. The van der Waals surface area contributed by atoms with E-state index in [1.54, 1.807) is 7.11 Å². The van der Waals surface area contributed by atoms with Gasteiger partial charge in [0.2, 0.25) is 0 Å². The molecule has 0 aliphatic rings. The van der Waals surface area contributed by atoms with Crippen molar-refractivity contribution >= 4 is 12.0 Å². The molecular weight excluding hydrogens is 240 g/mol. The monoisotopic (exact) mass is 262 g/mol. The van der Waals surface area contributed by atoms with Gasteiger partial charge >= 0.3 is 12.0 Å². The highest BCUT2D eigenvalue weighted by molar-refractivity contribution is 5.74. The second-order valence-electron chi connectivity index (χ2n) is 4.45. The third-order valence-corrected chi connectivity index (χ3v) is 2.36. The molecule has 0 aromatic heterocycles. The minimum Gasteiger partial charge on any atom is -0.481 e. The molecule has 0 aliphatic heterocycles. The topological polar surface area (TPSA) is 108 Å². The first-order valence-corrected chi connectivity index (χ1v) is 5.78. The van der Waals surface area contributed by atoms with Crippen LogP contribution in [-0.4, -0.2) is 54.1 Å². The van der Waals surface area contributed by atoms with Crippen molar-refractivity contribution in [2.24, 2.45) is 0 Å². The molecule has 106 valence electrons. The number of hydrogen-bond acceptors (Lipinski definition) is 4. The van der Waals surface area contributed by atoms with Gasteiger partial charge in [0.25, 0.3) is 0 Å². The van der Waals surface area contributed by atoms with Gasteiger partial charge in [-0.3, -0.25) is 4.79 Å². The van der Waals surface area contributed by atoms with Gasteiger partial charge in [-0.15, -0.1) is 0 Å². The Balaban J connectivity index is 4.05. The van der Waals surface area contributed by atoms with Crippen LogP contribution in [0.3, 0.4) is 0 Å². The highest BCUT2D eigenvalue weighted by Crippen LogP contribution is 2.07. The molecule has 0 bridgehead atoms. The highest BCUT2D eigenvalue weighted by atomic mass is 16.5. The number of hydrogen-bond donors (Lipinski definition) is 4. The van der Waals surface area contributed by atoms with E-state index in [4.69, 9.17) is 9.84 Å². The summed E-state index contributed by atoms with van der Waals surface area (Å²) >= 11 is 0. The van der Waals surface area contributed by atoms with Gasteiger partial charge in [-0.1, -0.05) is 6.92 Å². The lowest BCUT2D eigenvalue weighted by Gasteiger charge is -2.23. The molecule has 2 atom stereocenters. The fourth-order valence-corrected chi connectivity index (χ4v) is 1.36. The van der Waals surface area contributed by atoms with Crippen molar-refractivity contribution in [1.29, 1.82) is 0 Å². The predicted molar refractivity (Wildman–Crippen MR) is 65.4 cm³/mol. The number of urea groups is 1. The van der Waals surface area contributed by atoms with Gasteiger partial charge in [0.05, 0.1) is 24.7 Å². The minimum atomic E-state index is -1.47. The summed E-state index contributed by atoms with van der Waals surface area (Å²) in [5, 5.41) is 23.3. The summed E-state index contributed by atoms with van der Waals surface area (Å²) in [6.45, 7) is 3.53. The summed E-state index contributed by atoms with van der Waals surface area (Å²) in [7, 11) is 1.54. The Morgan fingerprint density at radius 2 is 2.06 bits per heavy atom. The summed E-state index contributed by atoms with van der Waals surface area (Å²) < 4.78 is 4.92. The molecule has 7 heteroatoms. The van der Waals surface area contributed by atoms with Crippen molar-refractivity contribution in [1.82, 2.24) is 10.6 Å². The lowest BCUT2D eigenvalue weighted by molar-refractivity contribution is -0.141. The summed E-state index contributed by atoms with van der Waals surface area (Å²) in [6, 6.07) is -0.566. The van der Waals surface area contributed by atoms with Gasteiger partial charge in [0.15, 0.2) is 0 Å². The molecule has 0 aromatic carbocycles. The van der Waals surface area contributed by atoms with Crippen molar-refractivity contribution in [3.63, 3.8) is 0 Å². The first-order chi connectivity index (χ1) is 8.30. The number of rotatable bonds is 8. The lowest BCUT2D eigenvalue weighted by atomic mass is 10.0. The van der Waals surface area contributed by atoms with E-state index in [1.165, 1.54) is 6.92 Å². The van der Waals surface area contributed by atoms with Crippen LogP contribution in [0, 0.1) is 0 Å². The Bertz CT molecular complexity index is 281. The lowest BCUT2D eigenvalue weighted by Crippen LogP contribution is -2.49. The molecule has 0 saturated carbocycles. The first-order valence-electron chi connectivity index (χ1n) is 5.78. The number of carbonyl (C=O) groups excluding carboxylic acids is 1. The predicted octanol–water partition coefficient (Wildman–Crippen LogP) is -0.0637. The largest absolute Gasteiger partial charge is 0.481 e. The van der Waals surface area contributed by atoms with Crippen molar-refractivity contribution in [3.05, 3.63) is 0 Å². The summed E-state index contributed by atoms with van der Waals surface area (Å²) in [6.07, 6.45) is 0.287. The maximum atomic E-state index is 11.5. The molecule has 0 heterocycles. The van der Waals surface area contributed by atoms with Gasteiger partial charge < -0.3 is 25.6 Å². The molecule has 0 fully saturated rings. The molecule has 0 aromatic rings. The van der Waals surface area contributed by atoms with E-state index >= 15 is 0 Å². The zero-order chi connectivity index (χ0) is 14.2. The van der Waals surface area contributed by atoms with E-state index in [9.17, 15) is 14.7 Å². The zero-order valence-electron chi connectivity index (χ0n) is 11.0. The Hall–Kier alpha value is -1.34. The van der Waals surface area contributed by atoms with Gasteiger partial charge in [-0.25, -0.2) is 4.79 Å². The van der Waals surface area contributed by atoms with Crippen LogP contribution in [-0.2, 0) is 9.53 Å². The summed E-state index contributed by atoms with van der Waals surface area (Å²) in [4.78, 5) is 21.9. The average molecular weight is 262 g/mol. The number of aliphatic hydroxyl groups is 1. The number of carboxylic acid groups (broad SMARTS) is 1. The van der Waals surface area contributed by atoms with Crippen molar-refractivity contribution in [2.75, 3.05) is 20.3 Å². The summed E-state index contributed by atoms with van der Waals surface area (Å²) in [5.74, 6) is -1.12. The number of carboxylic acids is 1. The molecule has 0 spiro atoms. The Kier molecular flexibility index (Phi) is 7.30. The number of carbonyl (C=O) groups is 2. The SMILES string of the molecule is CCC(COC)NC(=O)NCC(C)(O)CC(=O)O. The van der Waals surface area contributed by atoms with Crippen LogP contribution in [0.15, 0.2) is 0 Å². The Morgan fingerprint density at radius 3 is 2.50 bits per heavy atom. The van der Waals surface area contributed by atoms with Crippen LogP contribution in [0.4, 0.5) is 4.79 Å². The van der Waals surface area contributed by atoms with E-state index in [2.05, 4.69) is 10.6 Å². The number of ether oxygens (including phenoxy) is 1. The molecular formula is C11H22N2O5. The maximum Gasteiger partial charge on any atom is 0.315 e. The standard InChI is InChI=1S/C11H22N2O5/c1-4-8(6-18-3)13-10(16)12-7-11(2,17)5-9(14)15/h8,17H,4-7H2,1-3H3,(H,14,15)(H2,12,13,16). The van der Waals surface area contributed by atoms with E-state index in [-0.39, 0.29) is 12.6 Å². The van der Waals surface area contributed by atoms with E-state index in [1.807, 2.05) is 6.92 Å². The molecule has 18 heavy (non-hydrogen) atoms. The van der Waals surface area contributed by atoms with Gasteiger partial charge in [0.1, 0.15) is 0 Å². The molecule has 0 radical (unpaired) electrons. The minimum absolute atomic E-state index is 0.112. The van der Waals surface area contributed by atoms with Crippen LogP contribution < -0.4 is 10.6 Å². The Labute approximate surface area is 107 Å². The quantitative estimate of drug-likeness (QED) is 0.490. The van der Waals surface area contributed by atoms with Crippen LogP contribution >= 0.6 is 0 Å². The van der Waals surface area contributed by atoms with Gasteiger partial charge in [-0.2, -0.15) is 0 Å². The van der Waals surface area contributed by atoms with Gasteiger partial charge in [-0.05, 0) is 13.3 Å². The third kappa shape index (κ3) is 7.86. The van der Waals surface area contributed by atoms with Gasteiger partial charge in [0, 0.05) is 13.7 Å². The summed E-state index contributed by atoms with van der Waals surface area (Å²) in [5.41, 5.74) is -1.47. The zero-order valence-corrected chi connectivity index (χ0v) is 11.0. The molecule has 2 amide bonds. The second-order valence-corrected chi connectivity index (χ2v) is 4.45. The molecule has 0 rings (SSSR count). The van der Waals surface area contributed by atoms with E-state index < -0.39 is 24.0 Å². The van der Waals surface area contributed by atoms with E-state index in [0.717, 1.165) is 0 Å². The fraction of sp³-hybridized carbons (Fsp3) is 0.818. The van der Waals surface area contributed by atoms with Crippen LogP contribution in [0.2, 0.25) is 0 Å². The number of amides is 2. The van der Waals surface area contributed by atoms with Crippen LogP contribution in [0.5, 0.6) is 0 Å². The first kappa shape index (κ1) is 16.7. The van der Waals surface area contributed by atoms with Crippen LogP contribution in [0.1, 0.15) is 26.7 Å². The fourth-order valence-electron chi connectivity index (χ4n) is 1.36. The highest BCUT2D eigenvalue weighted by Gasteiger charge is 2.25. The molecule has 0 aliphatic carbocycles. The molecule has 2 unspecified atom stereocenters. The molecule has 0 saturated heterocycles. The second kappa shape index (κ2) is 7.88.